The molecule has 0 aliphatic heterocycles. The first-order valence-corrected chi connectivity index (χ1v) is 7.48. The van der Waals surface area contributed by atoms with Crippen molar-refractivity contribution in [3.05, 3.63) is 23.8 Å². The monoisotopic (exact) mass is 290 g/mol. The predicted octanol–water partition coefficient (Wildman–Crippen LogP) is 2.82. The van der Waals surface area contributed by atoms with Crippen molar-refractivity contribution in [1.82, 2.24) is 4.90 Å². The Hall–Kier alpha value is -1.55. The number of methoxy groups -OCH3 is 1. The molecule has 0 saturated heterocycles. The van der Waals surface area contributed by atoms with E-state index < -0.39 is 0 Å². The number of nitrogens with zero attached hydrogens (tertiary/aromatic N) is 2. The van der Waals surface area contributed by atoms with Crippen LogP contribution in [0.5, 0.6) is 5.75 Å². The van der Waals surface area contributed by atoms with E-state index in [4.69, 9.17) is 4.74 Å². The minimum absolute atomic E-state index is 0.0433. The lowest BCUT2D eigenvalue weighted by Crippen LogP contribution is -2.56. The molecule has 0 N–H and O–H groups in total. The van der Waals surface area contributed by atoms with Crippen molar-refractivity contribution < 1.29 is 9.53 Å². The third-order valence-electron chi connectivity index (χ3n) is 4.75. The van der Waals surface area contributed by atoms with Gasteiger partial charge in [0.15, 0.2) is 5.78 Å². The van der Waals surface area contributed by atoms with Gasteiger partial charge in [-0.1, -0.05) is 6.07 Å². The number of hydrogen-bond acceptors (Lipinski definition) is 4. The normalized spacial score (nSPS) is 16.5. The van der Waals surface area contributed by atoms with E-state index in [-0.39, 0.29) is 11.3 Å². The maximum atomic E-state index is 12.0. The molecular weight excluding hydrogens is 264 g/mol. The first-order valence-electron chi connectivity index (χ1n) is 7.48. The first-order chi connectivity index (χ1) is 9.91. The zero-order chi connectivity index (χ0) is 15.6. The van der Waals surface area contributed by atoms with Crippen molar-refractivity contribution in [2.75, 3.05) is 39.7 Å². The quantitative estimate of drug-likeness (QED) is 0.754. The van der Waals surface area contributed by atoms with Gasteiger partial charge >= 0.3 is 0 Å². The fraction of sp³-hybridized carbons (Fsp3) is 0.588. The second-order valence-electron chi connectivity index (χ2n) is 6.24. The van der Waals surface area contributed by atoms with Gasteiger partial charge in [-0.05, 0) is 52.4 Å². The molecule has 4 heteroatoms. The molecule has 0 heterocycles. The van der Waals surface area contributed by atoms with Crippen LogP contribution >= 0.6 is 0 Å². The fourth-order valence-corrected chi connectivity index (χ4v) is 3.22. The topological polar surface area (TPSA) is 32.8 Å². The van der Waals surface area contributed by atoms with Gasteiger partial charge in [0.05, 0.1) is 18.4 Å². The summed E-state index contributed by atoms with van der Waals surface area (Å²) in [6, 6.07) is 5.79. The molecule has 0 aromatic heterocycles. The third-order valence-corrected chi connectivity index (χ3v) is 4.75. The predicted molar refractivity (Wildman–Crippen MR) is 86.5 cm³/mol. The molecule has 1 aromatic carbocycles. The molecule has 1 aromatic rings. The minimum Gasteiger partial charge on any atom is -0.496 e. The lowest BCUT2D eigenvalue weighted by molar-refractivity contribution is 0.0682. The first kappa shape index (κ1) is 15.8. The van der Waals surface area contributed by atoms with E-state index in [0.717, 1.165) is 12.2 Å². The Morgan fingerprint density at radius 3 is 2.38 bits per heavy atom. The van der Waals surface area contributed by atoms with Gasteiger partial charge in [0.2, 0.25) is 0 Å². The highest BCUT2D eigenvalue weighted by molar-refractivity contribution is 6.02. The number of anilines is 1. The summed E-state index contributed by atoms with van der Waals surface area (Å²) in [6.45, 7) is 2.52. The molecule has 0 atom stereocenters. The lowest BCUT2D eigenvalue weighted by atomic mass is 9.75. The van der Waals surface area contributed by atoms with Crippen molar-refractivity contribution in [2.45, 2.75) is 31.7 Å². The number of ketones is 1. The molecule has 0 amide bonds. The van der Waals surface area contributed by atoms with Gasteiger partial charge in [0, 0.05) is 19.1 Å². The molecule has 0 unspecified atom stereocenters. The summed E-state index contributed by atoms with van der Waals surface area (Å²) < 4.78 is 5.36. The SMILES string of the molecule is COc1cccc(N(C)CC2(N(C)C)CCC2)c1C(C)=O. The lowest BCUT2D eigenvalue weighted by Gasteiger charge is -2.49. The van der Waals surface area contributed by atoms with Crippen LogP contribution in [0.3, 0.4) is 0 Å². The van der Waals surface area contributed by atoms with Crippen molar-refractivity contribution in [3.63, 3.8) is 0 Å². The third kappa shape index (κ3) is 2.91. The molecule has 1 aliphatic rings. The van der Waals surface area contributed by atoms with E-state index in [1.54, 1.807) is 14.0 Å². The number of likely N-dealkylation sites (N-methyl/N-ethyl adjacent to an activating group) is 2. The Bertz CT molecular complexity index is 522. The van der Waals surface area contributed by atoms with Gasteiger partial charge in [-0.15, -0.1) is 0 Å². The Kier molecular flexibility index (Phi) is 4.57. The molecule has 1 fully saturated rings. The van der Waals surface area contributed by atoms with Gasteiger partial charge in [-0.25, -0.2) is 0 Å². The van der Waals surface area contributed by atoms with Gasteiger partial charge in [-0.2, -0.15) is 0 Å². The Labute approximate surface area is 127 Å². The zero-order valence-electron chi connectivity index (χ0n) is 13.8. The molecule has 0 radical (unpaired) electrons. The minimum atomic E-state index is 0.0433. The van der Waals surface area contributed by atoms with E-state index >= 15 is 0 Å². The molecule has 0 bridgehead atoms. The van der Waals surface area contributed by atoms with Crippen LogP contribution in [0.1, 0.15) is 36.5 Å². The van der Waals surface area contributed by atoms with Crippen LogP contribution in [0.2, 0.25) is 0 Å². The Morgan fingerprint density at radius 2 is 1.95 bits per heavy atom. The number of rotatable bonds is 6. The molecule has 2 rings (SSSR count). The van der Waals surface area contributed by atoms with E-state index in [0.29, 0.717) is 11.3 Å². The van der Waals surface area contributed by atoms with Crippen LogP contribution in [0.25, 0.3) is 0 Å². The summed E-state index contributed by atoms with van der Waals surface area (Å²) in [5.41, 5.74) is 1.86. The highest BCUT2D eigenvalue weighted by Gasteiger charge is 2.40. The fourth-order valence-electron chi connectivity index (χ4n) is 3.22. The van der Waals surface area contributed by atoms with Crippen LogP contribution in [0, 0.1) is 0 Å². The molecule has 21 heavy (non-hydrogen) atoms. The van der Waals surface area contributed by atoms with Gasteiger partial charge in [-0.3, -0.25) is 4.79 Å². The molecule has 1 saturated carbocycles. The number of Topliss-reactive ketones (excluding diaryl/α,β-unsaturated/α-hetero) is 1. The molecule has 1 aliphatic carbocycles. The Morgan fingerprint density at radius 1 is 1.29 bits per heavy atom. The largest absolute Gasteiger partial charge is 0.496 e. The van der Waals surface area contributed by atoms with Crippen molar-refractivity contribution in [2.24, 2.45) is 0 Å². The number of ether oxygens (including phenoxy) is 1. The van der Waals surface area contributed by atoms with Gasteiger partial charge < -0.3 is 14.5 Å². The second kappa shape index (κ2) is 6.06. The standard InChI is InChI=1S/C17H26N2O2/c1-13(20)16-14(8-6-9-15(16)21-5)19(4)12-17(18(2)3)10-7-11-17/h6,8-9H,7,10-12H2,1-5H3. The van der Waals surface area contributed by atoms with Crippen LogP contribution in [-0.4, -0.2) is 51.0 Å². The Balaban J connectivity index is 2.31. The molecule has 0 spiro atoms. The number of carbonyl (C=O) groups is 1. The van der Waals surface area contributed by atoms with Gasteiger partial charge in [0.1, 0.15) is 5.75 Å². The summed E-state index contributed by atoms with van der Waals surface area (Å²) in [4.78, 5) is 16.5. The summed E-state index contributed by atoms with van der Waals surface area (Å²) in [6.07, 6.45) is 3.71. The maximum absolute atomic E-state index is 12.0. The van der Waals surface area contributed by atoms with Crippen molar-refractivity contribution in [3.8, 4) is 5.75 Å². The van der Waals surface area contributed by atoms with E-state index in [9.17, 15) is 4.79 Å². The highest BCUT2D eigenvalue weighted by Crippen LogP contribution is 2.38. The number of carbonyl (C=O) groups excluding carboxylic acids is 1. The summed E-state index contributed by atoms with van der Waals surface area (Å²) in [7, 11) is 7.96. The average molecular weight is 290 g/mol. The highest BCUT2D eigenvalue weighted by atomic mass is 16.5. The second-order valence-corrected chi connectivity index (χ2v) is 6.24. The van der Waals surface area contributed by atoms with Gasteiger partial charge in [0.25, 0.3) is 0 Å². The van der Waals surface area contributed by atoms with Crippen LogP contribution in [0.4, 0.5) is 5.69 Å². The van der Waals surface area contributed by atoms with Crippen molar-refractivity contribution >= 4 is 11.5 Å². The number of hydrogen-bond donors (Lipinski definition) is 0. The summed E-state index contributed by atoms with van der Waals surface area (Å²) in [5.74, 6) is 0.696. The van der Waals surface area contributed by atoms with Crippen molar-refractivity contribution in [1.29, 1.82) is 0 Å². The van der Waals surface area contributed by atoms with E-state index in [1.165, 1.54) is 19.3 Å². The van der Waals surface area contributed by atoms with E-state index in [2.05, 4.69) is 30.9 Å². The smallest absolute Gasteiger partial charge is 0.165 e. The maximum Gasteiger partial charge on any atom is 0.165 e. The van der Waals surface area contributed by atoms with Crippen LogP contribution in [-0.2, 0) is 0 Å². The number of benzene rings is 1. The molecule has 116 valence electrons. The molecule has 4 nitrogen and oxygen atoms in total. The average Bonchev–Trinajstić information content (AvgIpc) is 2.40. The van der Waals surface area contributed by atoms with Crippen LogP contribution < -0.4 is 9.64 Å². The van der Waals surface area contributed by atoms with E-state index in [1.807, 2.05) is 18.2 Å². The zero-order valence-corrected chi connectivity index (χ0v) is 13.8. The van der Waals surface area contributed by atoms with Crippen LogP contribution in [0.15, 0.2) is 18.2 Å². The summed E-state index contributed by atoms with van der Waals surface area (Å²) >= 11 is 0. The molecular formula is C17H26N2O2. The summed E-state index contributed by atoms with van der Waals surface area (Å²) in [5, 5.41) is 0.